The first-order chi connectivity index (χ1) is 54.9. The molecule has 0 N–H and O–H groups in total. The number of unbranched alkanes of at least 4 members (excludes halogenated alkanes) is 27. The van der Waals surface area contributed by atoms with E-state index >= 15 is 0 Å². The Morgan fingerprint density at radius 1 is 0.295 bits per heavy atom. The highest BCUT2D eigenvalue weighted by molar-refractivity contribution is 7.18. The average molecular weight is 1520 g/mol. The van der Waals surface area contributed by atoms with Crippen molar-refractivity contribution in [2.75, 3.05) is 13.2 Å². The summed E-state index contributed by atoms with van der Waals surface area (Å²) in [6.07, 6.45) is 49.8. The number of carbonyl (C=O) groups is 1. The zero-order valence-corrected chi connectivity index (χ0v) is 71.5. The van der Waals surface area contributed by atoms with Gasteiger partial charge in [0.2, 0.25) is 0 Å². The van der Waals surface area contributed by atoms with Crippen LogP contribution in [-0.2, 0) is 25.8 Å². The highest BCUT2D eigenvalue weighted by atomic mass is 32.1. The van der Waals surface area contributed by atoms with Crippen LogP contribution in [0, 0.1) is 6.92 Å². The first kappa shape index (κ1) is 83.9. The van der Waals surface area contributed by atoms with E-state index in [2.05, 4.69) is 225 Å². The third kappa shape index (κ3) is 19.9. The topological polar surface area (TPSA) is 35.5 Å². The van der Waals surface area contributed by atoms with Gasteiger partial charge in [-0.15, -0.1) is 11.3 Å². The van der Waals surface area contributed by atoms with E-state index in [1.807, 2.05) is 11.3 Å². The van der Waals surface area contributed by atoms with Crippen molar-refractivity contribution in [1.29, 1.82) is 0 Å². The van der Waals surface area contributed by atoms with Crippen LogP contribution in [0.2, 0.25) is 0 Å². The van der Waals surface area contributed by atoms with E-state index in [0.29, 0.717) is 12.2 Å². The van der Waals surface area contributed by atoms with Crippen LogP contribution in [-0.4, -0.2) is 19.2 Å². The van der Waals surface area contributed by atoms with Gasteiger partial charge in [-0.25, -0.2) is 4.79 Å². The Hall–Kier alpha value is -7.53. The number of esters is 1. The molecule has 112 heavy (non-hydrogen) atoms. The fourth-order valence-electron chi connectivity index (χ4n) is 19.9. The van der Waals surface area contributed by atoms with E-state index < -0.39 is 0 Å². The summed E-state index contributed by atoms with van der Waals surface area (Å²) in [6.45, 7) is 23.1. The number of thiophene rings is 1. The lowest BCUT2D eigenvalue weighted by atomic mass is 9.69. The van der Waals surface area contributed by atoms with Crippen molar-refractivity contribution in [3.63, 3.8) is 0 Å². The largest absolute Gasteiger partial charge is 0.494 e. The van der Waals surface area contributed by atoms with Crippen molar-refractivity contribution >= 4 is 17.3 Å². The summed E-state index contributed by atoms with van der Waals surface area (Å²) in [6, 6.07) is 69.0. The van der Waals surface area contributed by atoms with Crippen LogP contribution in [0.5, 0.6) is 5.75 Å². The lowest BCUT2D eigenvalue weighted by Crippen LogP contribution is -2.26. The van der Waals surface area contributed by atoms with Crippen LogP contribution < -0.4 is 4.74 Å². The van der Waals surface area contributed by atoms with Gasteiger partial charge in [0.05, 0.1) is 13.2 Å². The standard InChI is InChI=1S/C108H138O3S/c1-10-16-22-26-32-40-70-106(71-41-33-27-23-17-11-2)97-74-81(9)44-58-91(97)92-59-51-85(75-98(92)106)82-45-47-83(48-46-82)86-52-60-93-94-61-53-88(78-101(94)108(99(93)76-86,68-38-24-18-12-3)69-39-25-19-13-4)87-54-62-95-96-63-55-89(79-102(96)107(100(95)77-87,66-36-20-14-5)67-37-21-15-6)104-65-64-103(112-104)84-49-56-90(57-50-84)110-72-42-34-30-28-29-31-35-43-73-111-105(109)80(7)8/h44-65,74-79H,7,10-43,66-73H2,1-6,8-9H3. The van der Waals surface area contributed by atoms with Crippen molar-refractivity contribution < 1.29 is 14.3 Å². The maximum Gasteiger partial charge on any atom is 0.333 e. The van der Waals surface area contributed by atoms with Gasteiger partial charge in [-0.1, -0.05) is 362 Å². The van der Waals surface area contributed by atoms with Crippen molar-refractivity contribution in [2.24, 2.45) is 0 Å². The van der Waals surface area contributed by atoms with Crippen LogP contribution in [0.25, 0.3) is 87.6 Å². The molecule has 0 fully saturated rings. The van der Waals surface area contributed by atoms with Crippen molar-refractivity contribution in [1.82, 2.24) is 0 Å². The fraction of sp³-hybridized carbons (Fsp3) is 0.491. The predicted molar refractivity (Wildman–Crippen MR) is 485 cm³/mol. The molecule has 0 spiro atoms. The molecule has 1 aromatic heterocycles. The molecule has 0 amide bonds. The average Bonchev–Trinajstić information content (AvgIpc) is 1.57. The molecule has 12 rings (SSSR count). The maximum atomic E-state index is 11.6. The number of hydrogen-bond acceptors (Lipinski definition) is 4. The van der Waals surface area contributed by atoms with Gasteiger partial charge in [-0.2, -0.15) is 0 Å². The van der Waals surface area contributed by atoms with Gasteiger partial charge in [0.1, 0.15) is 5.75 Å². The zero-order chi connectivity index (χ0) is 78.1. The Bertz CT molecular complexity index is 4440. The molecular formula is C108H138O3S. The molecule has 9 aromatic rings. The number of rotatable bonds is 50. The summed E-state index contributed by atoms with van der Waals surface area (Å²) in [4.78, 5) is 14.2. The molecule has 594 valence electrons. The smallest absolute Gasteiger partial charge is 0.333 e. The lowest BCUT2D eigenvalue weighted by molar-refractivity contribution is -0.139. The first-order valence-electron chi connectivity index (χ1n) is 45.5. The molecule has 0 saturated carbocycles. The number of aryl methyl sites for hydroxylation is 1. The molecule has 0 radical (unpaired) electrons. The van der Waals surface area contributed by atoms with Gasteiger partial charge in [0.15, 0.2) is 0 Å². The van der Waals surface area contributed by atoms with E-state index in [9.17, 15) is 4.79 Å². The van der Waals surface area contributed by atoms with Crippen LogP contribution in [0.1, 0.15) is 344 Å². The van der Waals surface area contributed by atoms with Gasteiger partial charge in [-0.3, -0.25) is 0 Å². The minimum Gasteiger partial charge on any atom is -0.494 e. The number of carbonyl (C=O) groups excluding carboxylic acids is 1. The summed E-state index contributed by atoms with van der Waals surface area (Å²) >= 11 is 1.92. The Labute approximate surface area is 683 Å². The lowest BCUT2D eigenvalue weighted by Gasteiger charge is -2.34. The molecule has 8 aromatic carbocycles. The van der Waals surface area contributed by atoms with Crippen molar-refractivity contribution in [3.05, 3.63) is 221 Å². The second-order valence-corrected chi connectivity index (χ2v) is 35.6. The molecule has 0 atom stereocenters. The quantitative estimate of drug-likeness (QED) is 0.0217. The number of benzene rings is 8. The molecule has 3 nitrogen and oxygen atoms in total. The zero-order valence-electron chi connectivity index (χ0n) is 70.7. The Morgan fingerprint density at radius 2 is 0.562 bits per heavy atom. The van der Waals surface area contributed by atoms with E-state index in [1.54, 1.807) is 40.3 Å². The molecule has 0 bridgehead atoms. The van der Waals surface area contributed by atoms with E-state index in [-0.39, 0.29) is 22.2 Å². The van der Waals surface area contributed by atoms with Gasteiger partial charge < -0.3 is 9.47 Å². The summed E-state index contributed by atoms with van der Waals surface area (Å²) in [5, 5.41) is 0. The number of fused-ring (bicyclic) bond motifs is 9. The van der Waals surface area contributed by atoms with E-state index in [1.165, 1.54) is 331 Å². The first-order valence-corrected chi connectivity index (χ1v) is 46.4. The molecule has 3 aliphatic rings. The second-order valence-electron chi connectivity index (χ2n) is 34.5. The minimum atomic E-state index is -0.280. The van der Waals surface area contributed by atoms with Gasteiger partial charge in [0, 0.05) is 31.6 Å². The van der Waals surface area contributed by atoms with Gasteiger partial charge in [-0.05, 0) is 243 Å². The molecule has 0 aliphatic heterocycles. The highest BCUT2D eigenvalue weighted by Crippen LogP contribution is 2.60. The predicted octanol–water partition coefficient (Wildman–Crippen LogP) is 33.4. The monoisotopic (exact) mass is 1520 g/mol. The molecular weight excluding hydrogens is 1380 g/mol. The third-order valence-corrected chi connectivity index (χ3v) is 27.5. The van der Waals surface area contributed by atoms with Crippen LogP contribution in [0.15, 0.2) is 182 Å². The van der Waals surface area contributed by atoms with E-state index in [4.69, 9.17) is 9.47 Å². The highest BCUT2D eigenvalue weighted by Gasteiger charge is 2.46. The van der Waals surface area contributed by atoms with Crippen molar-refractivity contribution in [2.45, 2.75) is 328 Å². The molecule has 0 saturated heterocycles. The minimum absolute atomic E-state index is 0.0552. The van der Waals surface area contributed by atoms with Gasteiger partial charge in [0.25, 0.3) is 0 Å². The molecule has 1 heterocycles. The van der Waals surface area contributed by atoms with E-state index in [0.717, 1.165) is 31.6 Å². The third-order valence-electron chi connectivity index (χ3n) is 26.3. The number of hydrogen-bond donors (Lipinski definition) is 0. The van der Waals surface area contributed by atoms with Crippen LogP contribution in [0.3, 0.4) is 0 Å². The Morgan fingerprint density at radius 3 is 0.946 bits per heavy atom. The maximum absolute atomic E-state index is 11.6. The van der Waals surface area contributed by atoms with Gasteiger partial charge >= 0.3 is 5.97 Å². The Kier molecular flexibility index (Phi) is 31.2. The fourth-order valence-corrected chi connectivity index (χ4v) is 20.9. The summed E-state index contributed by atoms with van der Waals surface area (Å²) in [5.74, 6) is 0.665. The van der Waals surface area contributed by atoms with Crippen LogP contribution >= 0.6 is 11.3 Å². The summed E-state index contributed by atoms with van der Waals surface area (Å²) in [7, 11) is 0. The number of ether oxygens (including phenoxy) is 2. The Balaban J connectivity index is 0.808. The molecule has 4 heteroatoms. The van der Waals surface area contributed by atoms with Crippen LogP contribution in [0.4, 0.5) is 0 Å². The van der Waals surface area contributed by atoms with Crippen molar-refractivity contribution in [3.8, 4) is 93.4 Å². The molecule has 3 aliphatic carbocycles. The summed E-state index contributed by atoms with van der Waals surface area (Å²) < 4.78 is 11.5. The summed E-state index contributed by atoms with van der Waals surface area (Å²) in [5.41, 5.74) is 30.6. The molecule has 0 unspecified atom stereocenters. The second kappa shape index (κ2) is 41.7. The normalized spacial score (nSPS) is 13.7. The SMILES string of the molecule is C=C(C)C(=O)OCCCCCCCCCCOc1ccc(-c2ccc(-c3ccc4c(c3)C(CCCCC)(CCCCC)c3cc(-c5ccc6c(c5)C(CCCCCC)(CCCCCC)c5cc(-c7ccc(-c8ccc9c(c8)C(CCCCCCCC)(CCCCCCCC)c8cc(C)ccc8-9)cc7)ccc5-6)ccc3-4)s2)cc1.